The molecule has 0 spiro atoms. The fraction of sp³-hybridized carbons (Fsp3) is 0.714. The monoisotopic (exact) mass is 238 g/mol. The van der Waals surface area contributed by atoms with Crippen molar-refractivity contribution in [1.82, 2.24) is 0 Å². The van der Waals surface area contributed by atoms with E-state index in [2.05, 4.69) is 6.58 Å². The third-order valence-corrected chi connectivity index (χ3v) is 3.74. The molecule has 0 aromatic rings. The van der Waals surface area contributed by atoms with Crippen molar-refractivity contribution in [3.05, 3.63) is 12.7 Å². The summed E-state index contributed by atoms with van der Waals surface area (Å²) in [5, 5.41) is 0. The van der Waals surface area contributed by atoms with Crippen LogP contribution >= 0.6 is 0 Å². The van der Waals surface area contributed by atoms with E-state index in [4.69, 9.17) is 4.74 Å². The Morgan fingerprint density at radius 2 is 1.88 bits per heavy atom. The molecule has 1 saturated carbocycles. The lowest BCUT2D eigenvalue weighted by Crippen LogP contribution is -2.35. The van der Waals surface area contributed by atoms with Crippen molar-refractivity contribution < 1.29 is 14.3 Å². The number of ether oxygens (including phenoxy) is 1. The molecule has 1 rings (SSSR count). The van der Waals surface area contributed by atoms with E-state index in [0.29, 0.717) is 5.92 Å². The van der Waals surface area contributed by atoms with Crippen LogP contribution in [-0.4, -0.2) is 18.9 Å². The maximum absolute atomic E-state index is 11.7. The molecule has 0 radical (unpaired) electrons. The second kappa shape index (κ2) is 6.58. The van der Waals surface area contributed by atoms with Crippen LogP contribution in [0.1, 0.15) is 39.0 Å². The number of hydrogen-bond acceptors (Lipinski definition) is 3. The minimum Gasteiger partial charge on any atom is -0.468 e. The number of Topliss-reactive ketones (excluding diaryl/α,β-unsaturated/α-hetero) is 1. The lowest BCUT2D eigenvalue weighted by molar-refractivity contribution is -0.151. The van der Waals surface area contributed by atoms with Gasteiger partial charge in [0.15, 0.2) is 0 Å². The second-order valence-corrected chi connectivity index (χ2v) is 4.82. The van der Waals surface area contributed by atoms with Gasteiger partial charge in [0.1, 0.15) is 11.7 Å². The molecule has 2 atom stereocenters. The Hall–Kier alpha value is -1.12. The van der Waals surface area contributed by atoms with Gasteiger partial charge in [0.05, 0.1) is 7.11 Å². The first-order valence-corrected chi connectivity index (χ1v) is 6.32. The van der Waals surface area contributed by atoms with E-state index in [0.717, 1.165) is 12.8 Å². The van der Waals surface area contributed by atoms with Gasteiger partial charge in [0.25, 0.3) is 0 Å². The summed E-state index contributed by atoms with van der Waals surface area (Å²) in [6.45, 7) is 5.26. The van der Waals surface area contributed by atoms with Crippen LogP contribution in [-0.2, 0) is 14.3 Å². The predicted molar refractivity (Wildman–Crippen MR) is 66.4 cm³/mol. The van der Waals surface area contributed by atoms with Crippen molar-refractivity contribution in [2.24, 2.45) is 17.8 Å². The van der Waals surface area contributed by atoms with Gasteiger partial charge in [-0.15, -0.1) is 6.58 Å². The van der Waals surface area contributed by atoms with Gasteiger partial charge in [-0.25, -0.2) is 0 Å². The summed E-state index contributed by atoms with van der Waals surface area (Å²) < 4.78 is 4.74. The van der Waals surface area contributed by atoms with E-state index >= 15 is 0 Å². The van der Waals surface area contributed by atoms with Gasteiger partial charge < -0.3 is 4.74 Å². The van der Waals surface area contributed by atoms with Crippen LogP contribution in [0.15, 0.2) is 12.7 Å². The molecule has 0 N–H and O–H groups in total. The van der Waals surface area contributed by atoms with Crippen LogP contribution in [0, 0.1) is 17.8 Å². The minimum absolute atomic E-state index is 0.0692. The van der Waals surface area contributed by atoms with E-state index in [1.165, 1.54) is 33.3 Å². The molecule has 3 nitrogen and oxygen atoms in total. The molecule has 0 bridgehead atoms. The fourth-order valence-corrected chi connectivity index (χ4v) is 2.84. The first-order chi connectivity index (χ1) is 8.11. The van der Waals surface area contributed by atoms with Crippen molar-refractivity contribution in [3.63, 3.8) is 0 Å². The van der Waals surface area contributed by atoms with Crippen LogP contribution in [0.4, 0.5) is 0 Å². The molecule has 1 aliphatic rings. The van der Waals surface area contributed by atoms with Crippen LogP contribution in [0.3, 0.4) is 0 Å². The third-order valence-electron chi connectivity index (χ3n) is 3.74. The predicted octanol–water partition coefficient (Wildman–Crippen LogP) is 2.75. The van der Waals surface area contributed by atoms with Gasteiger partial charge in [-0.1, -0.05) is 25.3 Å². The summed E-state index contributed by atoms with van der Waals surface area (Å²) >= 11 is 0. The number of hydrogen-bond donors (Lipinski definition) is 0. The molecule has 3 heteroatoms. The van der Waals surface area contributed by atoms with E-state index in [1.54, 1.807) is 6.08 Å². The number of rotatable bonds is 5. The number of methoxy groups -OCH3 is 1. The van der Waals surface area contributed by atoms with E-state index < -0.39 is 11.9 Å². The molecule has 0 aliphatic heterocycles. The summed E-state index contributed by atoms with van der Waals surface area (Å²) in [5.74, 6) is -0.879. The Morgan fingerprint density at radius 1 is 1.29 bits per heavy atom. The van der Waals surface area contributed by atoms with E-state index in [9.17, 15) is 9.59 Å². The molecular weight excluding hydrogens is 216 g/mol. The first kappa shape index (κ1) is 13.9. The molecule has 96 valence electrons. The van der Waals surface area contributed by atoms with Gasteiger partial charge in [-0.2, -0.15) is 0 Å². The molecule has 0 saturated heterocycles. The lowest BCUT2D eigenvalue weighted by Gasteiger charge is -2.31. The standard InChI is InChI=1S/C14H22O3/c1-4-12(11-8-6-5-7-9-11)13(10(2)15)14(16)17-3/h4,11-13H,1,5-9H2,2-3H3. The summed E-state index contributed by atoms with van der Waals surface area (Å²) in [6, 6.07) is 0. The Labute approximate surface area is 103 Å². The highest BCUT2D eigenvalue weighted by Gasteiger charge is 2.36. The highest BCUT2D eigenvalue weighted by molar-refractivity contribution is 5.98. The number of carbonyl (C=O) groups excluding carboxylic acids is 2. The molecule has 1 fully saturated rings. The molecule has 0 aromatic heterocycles. The van der Waals surface area contributed by atoms with E-state index in [1.807, 2.05) is 0 Å². The summed E-state index contributed by atoms with van der Waals surface area (Å²) in [5.41, 5.74) is 0. The van der Waals surface area contributed by atoms with Gasteiger partial charge >= 0.3 is 5.97 Å². The van der Waals surface area contributed by atoms with Crippen molar-refractivity contribution in [1.29, 1.82) is 0 Å². The summed E-state index contributed by atoms with van der Waals surface area (Å²) in [7, 11) is 1.33. The fourth-order valence-electron chi connectivity index (χ4n) is 2.84. The molecule has 0 heterocycles. The molecular formula is C14H22O3. The highest BCUT2D eigenvalue weighted by atomic mass is 16.5. The Bertz CT molecular complexity index is 290. The smallest absolute Gasteiger partial charge is 0.316 e. The zero-order chi connectivity index (χ0) is 12.8. The number of esters is 1. The van der Waals surface area contributed by atoms with Gasteiger partial charge in [-0.3, -0.25) is 9.59 Å². The lowest BCUT2D eigenvalue weighted by atomic mass is 9.73. The highest BCUT2D eigenvalue weighted by Crippen LogP contribution is 2.35. The summed E-state index contributed by atoms with van der Waals surface area (Å²) in [6.07, 6.45) is 7.54. The number of ketones is 1. The topological polar surface area (TPSA) is 43.4 Å². The van der Waals surface area contributed by atoms with Crippen LogP contribution in [0.25, 0.3) is 0 Å². The van der Waals surface area contributed by atoms with Crippen molar-refractivity contribution in [3.8, 4) is 0 Å². The zero-order valence-electron chi connectivity index (χ0n) is 10.8. The van der Waals surface area contributed by atoms with Crippen LogP contribution in [0.5, 0.6) is 0 Å². The Balaban J connectivity index is 2.83. The van der Waals surface area contributed by atoms with Crippen LogP contribution in [0.2, 0.25) is 0 Å². The SMILES string of the molecule is C=CC(C1CCCCC1)C(C(C)=O)C(=O)OC. The van der Waals surface area contributed by atoms with Crippen molar-refractivity contribution in [2.75, 3.05) is 7.11 Å². The molecule has 17 heavy (non-hydrogen) atoms. The largest absolute Gasteiger partial charge is 0.468 e. The van der Waals surface area contributed by atoms with Crippen molar-refractivity contribution in [2.45, 2.75) is 39.0 Å². The average Bonchev–Trinajstić information content (AvgIpc) is 2.35. The molecule has 1 aliphatic carbocycles. The van der Waals surface area contributed by atoms with Gasteiger partial charge in [0, 0.05) is 0 Å². The second-order valence-electron chi connectivity index (χ2n) is 4.82. The summed E-state index contributed by atoms with van der Waals surface area (Å²) in [4.78, 5) is 23.3. The zero-order valence-corrected chi connectivity index (χ0v) is 10.8. The Morgan fingerprint density at radius 3 is 2.29 bits per heavy atom. The quantitative estimate of drug-likeness (QED) is 0.420. The van der Waals surface area contributed by atoms with Gasteiger partial charge in [-0.05, 0) is 31.6 Å². The first-order valence-electron chi connectivity index (χ1n) is 6.32. The molecule has 0 aromatic carbocycles. The normalized spacial score (nSPS) is 20.4. The minimum atomic E-state index is -0.666. The third kappa shape index (κ3) is 3.42. The number of allylic oxidation sites excluding steroid dienone is 1. The number of carbonyl (C=O) groups is 2. The van der Waals surface area contributed by atoms with Gasteiger partial charge in [0.2, 0.25) is 0 Å². The van der Waals surface area contributed by atoms with E-state index in [-0.39, 0.29) is 11.7 Å². The maximum atomic E-state index is 11.7. The van der Waals surface area contributed by atoms with Crippen LogP contribution < -0.4 is 0 Å². The average molecular weight is 238 g/mol. The van der Waals surface area contributed by atoms with Crippen molar-refractivity contribution >= 4 is 11.8 Å². The maximum Gasteiger partial charge on any atom is 0.316 e. The molecule has 2 unspecified atom stereocenters. The molecule has 0 amide bonds. The Kier molecular flexibility index (Phi) is 5.39.